The lowest BCUT2D eigenvalue weighted by molar-refractivity contribution is 0.0601. The van der Waals surface area contributed by atoms with Gasteiger partial charge in [0, 0.05) is 16.5 Å². The topological polar surface area (TPSA) is 31.2 Å². The Kier molecular flexibility index (Phi) is 4.22. The number of benzene rings is 4. The van der Waals surface area contributed by atoms with Gasteiger partial charge < -0.3 is 9.30 Å². The summed E-state index contributed by atoms with van der Waals surface area (Å²) in [7, 11) is 1.42. The van der Waals surface area contributed by atoms with Gasteiger partial charge in [0.1, 0.15) is 0 Å². The molecule has 6 rings (SSSR count). The van der Waals surface area contributed by atoms with E-state index in [-0.39, 0.29) is 12.0 Å². The van der Waals surface area contributed by atoms with Gasteiger partial charge in [0.25, 0.3) is 0 Å². The molecule has 0 aliphatic carbocycles. The molecular formula is C29H21NO2. The smallest absolute Gasteiger partial charge is 0.337 e. The summed E-state index contributed by atoms with van der Waals surface area (Å²) in [6.45, 7) is 0. The molecule has 1 aliphatic heterocycles. The first-order chi connectivity index (χ1) is 15.8. The summed E-state index contributed by atoms with van der Waals surface area (Å²) in [6, 6.07) is 35.6. The van der Waals surface area contributed by atoms with Crippen molar-refractivity contribution in [2.45, 2.75) is 6.04 Å². The zero-order valence-electron chi connectivity index (χ0n) is 17.7. The largest absolute Gasteiger partial charge is 0.465 e. The molecule has 0 saturated carbocycles. The van der Waals surface area contributed by atoms with E-state index in [4.69, 9.17) is 4.74 Å². The van der Waals surface area contributed by atoms with Crippen LogP contribution >= 0.6 is 0 Å². The van der Waals surface area contributed by atoms with Crippen LogP contribution < -0.4 is 0 Å². The number of rotatable bonds is 3. The van der Waals surface area contributed by atoms with Crippen LogP contribution in [0.25, 0.3) is 33.3 Å². The van der Waals surface area contributed by atoms with Gasteiger partial charge in [0.15, 0.2) is 0 Å². The van der Waals surface area contributed by atoms with E-state index >= 15 is 0 Å². The zero-order chi connectivity index (χ0) is 21.7. The maximum Gasteiger partial charge on any atom is 0.337 e. The molecule has 1 atom stereocenters. The third-order valence-electron chi connectivity index (χ3n) is 6.37. The molecule has 1 unspecified atom stereocenters. The highest BCUT2D eigenvalue weighted by atomic mass is 16.5. The Hall–Kier alpha value is -4.11. The van der Waals surface area contributed by atoms with Gasteiger partial charge >= 0.3 is 5.97 Å². The van der Waals surface area contributed by atoms with Crippen LogP contribution in [0, 0.1) is 0 Å². The molecule has 32 heavy (non-hydrogen) atoms. The molecule has 0 N–H and O–H groups in total. The highest BCUT2D eigenvalue weighted by Crippen LogP contribution is 2.52. The summed E-state index contributed by atoms with van der Waals surface area (Å²) < 4.78 is 7.44. The molecule has 154 valence electrons. The quantitative estimate of drug-likeness (QED) is 0.301. The minimum atomic E-state index is -0.322. The molecule has 2 heterocycles. The summed E-state index contributed by atoms with van der Waals surface area (Å²) in [6.07, 6.45) is 0. The van der Waals surface area contributed by atoms with Crippen LogP contribution in [0.5, 0.6) is 0 Å². The van der Waals surface area contributed by atoms with Gasteiger partial charge in [0.05, 0.1) is 29.9 Å². The van der Waals surface area contributed by atoms with E-state index in [1.165, 1.54) is 29.5 Å². The molecular weight excluding hydrogens is 394 g/mol. The Bertz CT molecular complexity index is 1470. The lowest BCUT2D eigenvalue weighted by Gasteiger charge is -2.17. The zero-order valence-corrected chi connectivity index (χ0v) is 17.7. The first kappa shape index (κ1) is 18.6. The molecule has 3 nitrogen and oxygen atoms in total. The van der Waals surface area contributed by atoms with E-state index in [0.717, 1.165) is 22.0 Å². The maximum atomic E-state index is 12.3. The molecule has 1 aromatic heterocycles. The van der Waals surface area contributed by atoms with E-state index in [1.807, 2.05) is 18.2 Å². The average Bonchev–Trinajstić information content (AvgIpc) is 3.36. The number of aromatic nitrogens is 1. The van der Waals surface area contributed by atoms with Crippen LogP contribution in [-0.4, -0.2) is 17.6 Å². The highest BCUT2D eigenvalue weighted by Gasteiger charge is 2.34. The third kappa shape index (κ3) is 2.64. The number of esters is 1. The molecule has 4 aromatic carbocycles. The molecule has 0 amide bonds. The van der Waals surface area contributed by atoms with Crippen molar-refractivity contribution in [2.75, 3.05) is 7.11 Å². The summed E-state index contributed by atoms with van der Waals surface area (Å²) >= 11 is 0. The van der Waals surface area contributed by atoms with E-state index in [1.54, 1.807) is 0 Å². The van der Waals surface area contributed by atoms with Crippen LogP contribution in [0.15, 0.2) is 103 Å². The first-order valence-electron chi connectivity index (χ1n) is 10.7. The average molecular weight is 415 g/mol. The van der Waals surface area contributed by atoms with Crippen LogP contribution in [-0.2, 0) is 4.74 Å². The lowest BCUT2D eigenvalue weighted by atomic mass is 9.93. The van der Waals surface area contributed by atoms with E-state index in [2.05, 4.69) is 89.5 Å². The minimum absolute atomic E-state index is 0.0753. The van der Waals surface area contributed by atoms with Crippen LogP contribution in [0.1, 0.15) is 27.5 Å². The molecule has 0 bridgehead atoms. The molecule has 5 aromatic rings. The Balaban J connectivity index is 1.75. The van der Waals surface area contributed by atoms with Gasteiger partial charge in [0.2, 0.25) is 0 Å². The molecule has 0 saturated heterocycles. The van der Waals surface area contributed by atoms with Crippen molar-refractivity contribution in [3.63, 3.8) is 0 Å². The Morgan fingerprint density at radius 1 is 0.812 bits per heavy atom. The van der Waals surface area contributed by atoms with Crippen LogP contribution in [0.2, 0.25) is 0 Å². The second-order valence-electron chi connectivity index (χ2n) is 8.08. The summed E-state index contributed by atoms with van der Waals surface area (Å²) in [5.74, 6) is -0.322. The molecule has 0 fully saturated rings. The predicted octanol–water partition coefficient (Wildman–Crippen LogP) is 6.71. The number of methoxy groups -OCH3 is 1. The molecule has 0 spiro atoms. The number of carbonyl (C=O) groups excluding carboxylic acids is 1. The summed E-state index contributed by atoms with van der Waals surface area (Å²) in [5, 5.41) is 1.06. The fraction of sp³-hybridized carbons (Fsp3) is 0.0690. The van der Waals surface area contributed by atoms with Gasteiger partial charge in [-0.05, 0) is 34.9 Å². The van der Waals surface area contributed by atoms with Crippen molar-refractivity contribution in [1.29, 1.82) is 0 Å². The normalized spacial score (nSPS) is 14.2. The number of nitrogens with zero attached hydrogens (tertiary/aromatic N) is 1. The fourth-order valence-electron chi connectivity index (χ4n) is 5.04. The van der Waals surface area contributed by atoms with Crippen molar-refractivity contribution < 1.29 is 9.53 Å². The second kappa shape index (κ2) is 7.24. The number of fused-ring (bicyclic) bond motifs is 5. The Labute approximate surface area is 186 Å². The highest BCUT2D eigenvalue weighted by molar-refractivity contribution is 6.08. The lowest BCUT2D eigenvalue weighted by Crippen LogP contribution is -2.07. The van der Waals surface area contributed by atoms with Crippen molar-refractivity contribution >= 4 is 16.9 Å². The molecule has 0 radical (unpaired) electrons. The van der Waals surface area contributed by atoms with Crippen molar-refractivity contribution in [1.82, 2.24) is 4.57 Å². The predicted molar refractivity (Wildman–Crippen MR) is 128 cm³/mol. The van der Waals surface area contributed by atoms with Gasteiger partial charge in [-0.1, -0.05) is 84.9 Å². The molecule has 1 aliphatic rings. The number of hydrogen-bond acceptors (Lipinski definition) is 2. The van der Waals surface area contributed by atoms with E-state index in [0.29, 0.717) is 5.56 Å². The Morgan fingerprint density at radius 3 is 2.25 bits per heavy atom. The summed E-state index contributed by atoms with van der Waals surface area (Å²) in [5.41, 5.74) is 8.92. The van der Waals surface area contributed by atoms with Crippen molar-refractivity contribution in [3.05, 3.63) is 120 Å². The van der Waals surface area contributed by atoms with Gasteiger partial charge in [-0.3, -0.25) is 0 Å². The van der Waals surface area contributed by atoms with E-state index < -0.39 is 0 Å². The summed E-state index contributed by atoms with van der Waals surface area (Å²) in [4.78, 5) is 12.3. The second-order valence-corrected chi connectivity index (χ2v) is 8.08. The fourth-order valence-corrected chi connectivity index (χ4v) is 5.04. The number of hydrogen-bond donors (Lipinski definition) is 0. The van der Waals surface area contributed by atoms with Gasteiger partial charge in [-0.25, -0.2) is 4.79 Å². The standard InChI is InChI=1S/C29H21NO2/c1-32-29(31)21-16-17-25-24(18-21)26(19-10-4-2-5-11-19)28-23-15-9-8-14-22(23)27(30(25)28)20-12-6-3-7-13-20/h2-18,27H,1H3. The van der Waals surface area contributed by atoms with Crippen molar-refractivity contribution in [2.24, 2.45) is 0 Å². The van der Waals surface area contributed by atoms with E-state index in [9.17, 15) is 4.79 Å². The monoisotopic (exact) mass is 415 g/mol. The minimum Gasteiger partial charge on any atom is -0.465 e. The van der Waals surface area contributed by atoms with Crippen LogP contribution in [0.3, 0.4) is 0 Å². The van der Waals surface area contributed by atoms with Crippen molar-refractivity contribution in [3.8, 4) is 22.4 Å². The Morgan fingerprint density at radius 2 is 1.50 bits per heavy atom. The third-order valence-corrected chi connectivity index (χ3v) is 6.37. The van der Waals surface area contributed by atoms with Gasteiger partial charge in [-0.15, -0.1) is 0 Å². The maximum absolute atomic E-state index is 12.3. The molecule has 3 heteroatoms. The number of carbonyl (C=O) groups is 1. The SMILES string of the molecule is COC(=O)c1ccc2c(c1)c(-c1ccccc1)c1n2C(c2ccccc2)c2ccccc2-1. The van der Waals surface area contributed by atoms with Crippen LogP contribution in [0.4, 0.5) is 0 Å². The first-order valence-corrected chi connectivity index (χ1v) is 10.7. The van der Waals surface area contributed by atoms with Gasteiger partial charge in [-0.2, -0.15) is 0 Å². The number of ether oxygens (including phenoxy) is 1.